The van der Waals surface area contributed by atoms with E-state index >= 15 is 0 Å². The van der Waals surface area contributed by atoms with E-state index in [1.54, 1.807) is 7.11 Å². The summed E-state index contributed by atoms with van der Waals surface area (Å²) in [6, 6.07) is 0. The highest BCUT2D eigenvalue weighted by atomic mass is 16.9. The average Bonchev–Trinajstić information content (AvgIpc) is 2.50. The molecule has 0 bridgehead atoms. The third-order valence-electron chi connectivity index (χ3n) is 3.81. The first-order valence-corrected chi connectivity index (χ1v) is 9.11. The number of rotatable bonds is 16. The molecule has 1 unspecified atom stereocenters. The van der Waals surface area contributed by atoms with Crippen molar-refractivity contribution >= 4 is 0 Å². The molecule has 0 spiro atoms. The van der Waals surface area contributed by atoms with E-state index < -0.39 is 5.97 Å². The number of hydrogen-bond donors (Lipinski definition) is 0. The quantitative estimate of drug-likeness (QED) is 0.304. The molecule has 22 heavy (non-hydrogen) atoms. The number of methoxy groups -OCH3 is 1. The van der Waals surface area contributed by atoms with E-state index in [9.17, 15) is 0 Å². The summed E-state index contributed by atoms with van der Waals surface area (Å²) in [7, 11) is 1.73. The molecule has 0 aliphatic carbocycles. The fourth-order valence-corrected chi connectivity index (χ4v) is 2.82. The lowest BCUT2D eigenvalue weighted by atomic mass is 9.98. The molecule has 0 aromatic heterocycles. The van der Waals surface area contributed by atoms with Crippen LogP contribution in [0.15, 0.2) is 0 Å². The van der Waals surface area contributed by atoms with Crippen molar-refractivity contribution in [2.75, 3.05) is 33.5 Å². The van der Waals surface area contributed by atoms with Crippen molar-refractivity contribution in [2.45, 2.75) is 78.6 Å². The molecule has 0 radical (unpaired) electrons. The van der Waals surface area contributed by atoms with Crippen molar-refractivity contribution in [1.29, 1.82) is 0 Å². The normalized spacial score (nSPS) is 13.5. The topological polar surface area (TPSA) is 36.9 Å². The first-order chi connectivity index (χ1) is 10.7. The maximum atomic E-state index is 5.90. The van der Waals surface area contributed by atoms with Crippen molar-refractivity contribution in [3.05, 3.63) is 0 Å². The Balaban J connectivity index is 4.58. The lowest BCUT2D eigenvalue weighted by Gasteiger charge is -2.38. The van der Waals surface area contributed by atoms with Gasteiger partial charge in [0.2, 0.25) is 0 Å². The fourth-order valence-electron chi connectivity index (χ4n) is 2.82. The van der Waals surface area contributed by atoms with E-state index in [2.05, 4.69) is 6.92 Å². The second kappa shape index (κ2) is 14.4. The van der Waals surface area contributed by atoms with Gasteiger partial charge in [-0.15, -0.1) is 0 Å². The summed E-state index contributed by atoms with van der Waals surface area (Å²) in [5.74, 6) is -0.860. The number of hydrogen-bond acceptors (Lipinski definition) is 4. The first-order valence-electron chi connectivity index (χ1n) is 9.11. The second-order valence-electron chi connectivity index (χ2n) is 5.61. The zero-order chi connectivity index (χ0) is 16.7. The SMILES string of the molecule is CCCCCCCCC(COC)C(OCC)(OCC)OCC. The highest BCUT2D eigenvalue weighted by molar-refractivity contribution is 4.72. The molecule has 0 aliphatic heterocycles. The summed E-state index contributed by atoms with van der Waals surface area (Å²) < 4.78 is 23.1. The van der Waals surface area contributed by atoms with Crippen LogP contribution in [0.5, 0.6) is 0 Å². The third-order valence-corrected chi connectivity index (χ3v) is 3.81. The van der Waals surface area contributed by atoms with Crippen LogP contribution in [0.3, 0.4) is 0 Å². The Morgan fingerprint density at radius 1 is 0.727 bits per heavy atom. The molecule has 0 aliphatic rings. The van der Waals surface area contributed by atoms with Crippen molar-refractivity contribution in [2.24, 2.45) is 5.92 Å². The molecule has 0 fully saturated rings. The molecule has 0 rings (SSSR count). The smallest absolute Gasteiger partial charge is 0.288 e. The van der Waals surface area contributed by atoms with Gasteiger partial charge < -0.3 is 18.9 Å². The fraction of sp³-hybridized carbons (Fsp3) is 1.00. The largest absolute Gasteiger partial charge is 0.384 e. The van der Waals surface area contributed by atoms with E-state index in [0.717, 1.165) is 12.8 Å². The van der Waals surface area contributed by atoms with Gasteiger partial charge in [-0.05, 0) is 27.2 Å². The third kappa shape index (κ3) is 8.47. The Morgan fingerprint density at radius 2 is 1.23 bits per heavy atom. The summed E-state index contributed by atoms with van der Waals surface area (Å²) in [5, 5.41) is 0. The number of unbranched alkanes of at least 4 members (excludes halogenated alkanes) is 5. The highest BCUT2D eigenvalue weighted by Crippen LogP contribution is 2.31. The molecule has 0 heterocycles. The molecule has 0 N–H and O–H groups in total. The van der Waals surface area contributed by atoms with Gasteiger partial charge in [-0.1, -0.05) is 45.4 Å². The van der Waals surface area contributed by atoms with Crippen LogP contribution in [0.4, 0.5) is 0 Å². The summed E-state index contributed by atoms with van der Waals surface area (Å²) in [5.41, 5.74) is 0. The van der Waals surface area contributed by atoms with Gasteiger partial charge in [0.15, 0.2) is 0 Å². The molecule has 4 heteroatoms. The van der Waals surface area contributed by atoms with Crippen LogP contribution >= 0.6 is 0 Å². The molecular formula is C18H38O4. The maximum Gasteiger partial charge on any atom is 0.288 e. The van der Waals surface area contributed by atoms with Crippen molar-refractivity contribution in [3.8, 4) is 0 Å². The molecule has 134 valence electrons. The molecule has 0 amide bonds. The summed E-state index contributed by atoms with van der Waals surface area (Å²) in [6.07, 6.45) is 8.67. The first kappa shape index (κ1) is 21.8. The van der Waals surface area contributed by atoms with E-state index in [1.807, 2.05) is 20.8 Å². The maximum absolute atomic E-state index is 5.90. The van der Waals surface area contributed by atoms with Crippen LogP contribution in [0.25, 0.3) is 0 Å². The Bertz CT molecular complexity index is 216. The molecule has 0 saturated carbocycles. The van der Waals surface area contributed by atoms with Crippen LogP contribution in [-0.2, 0) is 18.9 Å². The van der Waals surface area contributed by atoms with Crippen molar-refractivity contribution in [3.63, 3.8) is 0 Å². The van der Waals surface area contributed by atoms with Crippen LogP contribution in [0.2, 0.25) is 0 Å². The van der Waals surface area contributed by atoms with Gasteiger partial charge >= 0.3 is 0 Å². The van der Waals surface area contributed by atoms with E-state index in [4.69, 9.17) is 18.9 Å². The Kier molecular flexibility index (Phi) is 14.3. The Morgan fingerprint density at radius 3 is 1.68 bits per heavy atom. The van der Waals surface area contributed by atoms with Gasteiger partial charge in [-0.25, -0.2) is 0 Å². The monoisotopic (exact) mass is 318 g/mol. The van der Waals surface area contributed by atoms with E-state index in [-0.39, 0.29) is 5.92 Å². The van der Waals surface area contributed by atoms with Gasteiger partial charge in [0.05, 0.1) is 12.5 Å². The van der Waals surface area contributed by atoms with Gasteiger partial charge in [0, 0.05) is 26.9 Å². The summed E-state index contributed by atoms with van der Waals surface area (Å²) in [4.78, 5) is 0. The lowest BCUT2D eigenvalue weighted by Crippen LogP contribution is -2.48. The standard InChI is InChI=1S/C18H38O4/c1-6-10-11-12-13-14-15-17(16-19-5)18(20-7-2,21-8-3)22-9-4/h17H,6-16H2,1-5H3. The predicted molar refractivity (Wildman–Crippen MR) is 91.0 cm³/mol. The van der Waals surface area contributed by atoms with E-state index in [1.165, 1.54) is 32.1 Å². The van der Waals surface area contributed by atoms with Crippen molar-refractivity contribution < 1.29 is 18.9 Å². The van der Waals surface area contributed by atoms with Crippen molar-refractivity contribution in [1.82, 2.24) is 0 Å². The molecular weight excluding hydrogens is 280 g/mol. The molecule has 1 atom stereocenters. The highest BCUT2D eigenvalue weighted by Gasteiger charge is 2.41. The minimum atomic E-state index is -0.961. The Hall–Kier alpha value is -0.160. The van der Waals surface area contributed by atoms with Gasteiger partial charge in [-0.3, -0.25) is 0 Å². The average molecular weight is 318 g/mol. The van der Waals surface area contributed by atoms with Gasteiger partial charge in [-0.2, -0.15) is 0 Å². The molecule has 4 nitrogen and oxygen atoms in total. The number of ether oxygens (including phenoxy) is 4. The van der Waals surface area contributed by atoms with Crippen LogP contribution < -0.4 is 0 Å². The van der Waals surface area contributed by atoms with Crippen LogP contribution in [0.1, 0.15) is 72.6 Å². The zero-order valence-electron chi connectivity index (χ0n) is 15.5. The lowest BCUT2D eigenvalue weighted by molar-refractivity contribution is -0.405. The predicted octanol–water partition coefficient (Wildman–Crippen LogP) is 4.76. The second-order valence-corrected chi connectivity index (χ2v) is 5.61. The minimum absolute atomic E-state index is 0.100. The van der Waals surface area contributed by atoms with Gasteiger partial charge in [0.25, 0.3) is 5.97 Å². The van der Waals surface area contributed by atoms with Crippen LogP contribution in [-0.4, -0.2) is 39.5 Å². The molecule has 0 saturated heterocycles. The van der Waals surface area contributed by atoms with E-state index in [0.29, 0.717) is 26.4 Å². The van der Waals surface area contributed by atoms with Gasteiger partial charge in [0.1, 0.15) is 0 Å². The summed E-state index contributed by atoms with van der Waals surface area (Å²) in [6.45, 7) is 10.5. The zero-order valence-corrected chi connectivity index (χ0v) is 15.5. The summed E-state index contributed by atoms with van der Waals surface area (Å²) >= 11 is 0. The van der Waals surface area contributed by atoms with Crippen LogP contribution in [0, 0.1) is 5.92 Å². The minimum Gasteiger partial charge on any atom is -0.384 e. The molecule has 0 aromatic rings. The Labute approximate surface area is 137 Å². The molecule has 0 aromatic carbocycles.